The molecule has 118 valence electrons. The van der Waals surface area contributed by atoms with Gasteiger partial charge in [0.1, 0.15) is 12.4 Å². The fraction of sp³-hybridized carbons (Fsp3) is 0.333. The SMILES string of the molecule is OCCN[C@H](Cc1ccccc1)c1ccccc1OCCO. The molecule has 0 spiro atoms. The Bertz CT molecular complexity index is 545. The Hall–Kier alpha value is -1.88. The van der Waals surface area contributed by atoms with E-state index in [1.54, 1.807) is 0 Å². The minimum Gasteiger partial charge on any atom is -0.491 e. The van der Waals surface area contributed by atoms with Crippen LogP contribution in [0, 0.1) is 0 Å². The smallest absolute Gasteiger partial charge is 0.124 e. The molecule has 0 heterocycles. The second-order valence-electron chi connectivity index (χ2n) is 5.03. The summed E-state index contributed by atoms with van der Waals surface area (Å²) < 4.78 is 5.63. The van der Waals surface area contributed by atoms with Crippen LogP contribution in [0.2, 0.25) is 0 Å². The van der Waals surface area contributed by atoms with Gasteiger partial charge in [-0.3, -0.25) is 0 Å². The second kappa shape index (κ2) is 9.20. The summed E-state index contributed by atoms with van der Waals surface area (Å²) in [6.45, 7) is 0.869. The van der Waals surface area contributed by atoms with E-state index in [4.69, 9.17) is 14.9 Å². The molecule has 0 saturated carbocycles. The summed E-state index contributed by atoms with van der Waals surface area (Å²) in [5.74, 6) is 0.767. The standard InChI is InChI=1S/C18H23NO3/c20-11-10-19-17(14-15-6-2-1-3-7-15)16-8-4-5-9-18(16)22-13-12-21/h1-9,17,19-21H,10-14H2/t17-/m1/s1. The van der Waals surface area contributed by atoms with Gasteiger partial charge in [-0.25, -0.2) is 0 Å². The van der Waals surface area contributed by atoms with Gasteiger partial charge in [-0.1, -0.05) is 48.5 Å². The van der Waals surface area contributed by atoms with Crippen molar-refractivity contribution in [3.63, 3.8) is 0 Å². The Morgan fingerprint density at radius 3 is 2.36 bits per heavy atom. The number of rotatable bonds is 9. The van der Waals surface area contributed by atoms with Crippen LogP contribution in [-0.4, -0.2) is 36.6 Å². The van der Waals surface area contributed by atoms with Crippen molar-refractivity contribution in [3.8, 4) is 5.75 Å². The summed E-state index contributed by atoms with van der Waals surface area (Å²) in [4.78, 5) is 0. The lowest BCUT2D eigenvalue weighted by atomic mass is 9.98. The molecule has 0 amide bonds. The van der Waals surface area contributed by atoms with Crippen LogP contribution in [0.1, 0.15) is 17.2 Å². The first-order chi connectivity index (χ1) is 10.8. The summed E-state index contributed by atoms with van der Waals surface area (Å²) in [6.07, 6.45) is 0.806. The quantitative estimate of drug-likeness (QED) is 0.662. The summed E-state index contributed by atoms with van der Waals surface area (Å²) >= 11 is 0. The highest BCUT2D eigenvalue weighted by atomic mass is 16.5. The fourth-order valence-corrected chi connectivity index (χ4v) is 2.44. The van der Waals surface area contributed by atoms with E-state index in [2.05, 4.69) is 17.4 Å². The van der Waals surface area contributed by atoms with Gasteiger partial charge in [0.15, 0.2) is 0 Å². The Morgan fingerprint density at radius 1 is 0.909 bits per heavy atom. The van der Waals surface area contributed by atoms with Crippen molar-refractivity contribution < 1.29 is 14.9 Å². The number of aliphatic hydroxyl groups is 2. The van der Waals surface area contributed by atoms with E-state index in [0.717, 1.165) is 17.7 Å². The van der Waals surface area contributed by atoms with Crippen molar-refractivity contribution >= 4 is 0 Å². The molecule has 2 aromatic carbocycles. The predicted octanol–water partition coefficient (Wildman–Crippen LogP) is 1.92. The molecule has 3 N–H and O–H groups in total. The monoisotopic (exact) mass is 301 g/mol. The van der Waals surface area contributed by atoms with Gasteiger partial charge in [0.2, 0.25) is 0 Å². The first-order valence-corrected chi connectivity index (χ1v) is 7.56. The van der Waals surface area contributed by atoms with Gasteiger partial charge in [0.25, 0.3) is 0 Å². The number of hydrogen-bond acceptors (Lipinski definition) is 4. The molecule has 4 heteroatoms. The molecular formula is C18H23NO3. The third kappa shape index (κ3) is 4.84. The number of nitrogens with one attached hydrogen (secondary N) is 1. The minimum atomic E-state index is -0.0121. The molecule has 2 rings (SSSR count). The van der Waals surface area contributed by atoms with Crippen LogP contribution in [-0.2, 0) is 6.42 Å². The Kier molecular flexibility index (Phi) is 6.90. The maximum atomic E-state index is 9.11. The molecule has 1 atom stereocenters. The van der Waals surface area contributed by atoms with Crippen LogP contribution in [0.3, 0.4) is 0 Å². The first-order valence-electron chi connectivity index (χ1n) is 7.56. The zero-order chi connectivity index (χ0) is 15.6. The summed E-state index contributed by atoms with van der Waals surface area (Å²) in [5.41, 5.74) is 2.25. The number of aliphatic hydroxyl groups excluding tert-OH is 2. The topological polar surface area (TPSA) is 61.7 Å². The lowest BCUT2D eigenvalue weighted by Gasteiger charge is -2.22. The van der Waals surface area contributed by atoms with Gasteiger partial charge in [-0.2, -0.15) is 0 Å². The third-order valence-corrected chi connectivity index (χ3v) is 3.43. The van der Waals surface area contributed by atoms with E-state index in [-0.39, 0.29) is 25.9 Å². The number of benzene rings is 2. The highest BCUT2D eigenvalue weighted by Crippen LogP contribution is 2.27. The Balaban J connectivity index is 2.20. The lowest BCUT2D eigenvalue weighted by Crippen LogP contribution is -2.26. The van der Waals surface area contributed by atoms with Gasteiger partial charge in [-0.05, 0) is 18.1 Å². The molecule has 0 aliphatic carbocycles. The van der Waals surface area contributed by atoms with Gasteiger partial charge in [0, 0.05) is 18.2 Å². The van der Waals surface area contributed by atoms with E-state index in [1.807, 2.05) is 42.5 Å². The maximum Gasteiger partial charge on any atom is 0.124 e. The summed E-state index contributed by atoms with van der Waals surface area (Å²) in [6, 6.07) is 18.1. The molecule has 0 aromatic heterocycles. The largest absolute Gasteiger partial charge is 0.491 e. The van der Waals surface area contributed by atoms with E-state index < -0.39 is 0 Å². The summed E-state index contributed by atoms with van der Waals surface area (Å²) in [7, 11) is 0. The zero-order valence-electron chi connectivity index (χ0n) is 12.6. The highest BCUT2D eigenvalue weighted by Gasteiger charge is 2.16. The second-order valence-corrected chi connectivity index (χ2v) is 5.03. The number of para-hydroxylation sites is 1. The van der Waals surface area contributed by atoms with E-state index in [9.17, 15) is 0 Å². The van der Waals surface area contributed by atoms with Crippen LogP contribution >= 0.6 is 0 Å². The average molecular weight is 301 g/mol. The Morgan fingerprint density at radius 2 is 1.64 bits per heavy atom. The minimum absolute atomic E-state index is 0.0121. The third-order valence-electron chi connectivity index (χ3n) is 3.43. The fourth-order valence-electron chi connectivity index (χ4n) is 2.44. The van der Waals surface area contributed by atoms with Crippen molar-refractivity contribution in [1.82, 2.24) is 5.32 Å². The van der Waals surface area contributed by atoms with Gasteiger partial charge in [0.05, 0.1) is 13.2 Å². The van der Waals surface area contributed by atoms with Crippen LogP contribution in [0.25, 0.3) is 0 Å². The van der Waals surface area contributed by atoms with Crippen molar-refractivity contribution in [2.45, 2.75) is 12.5 Å². The number of ether oxygens (including phenoxy) is 1. The van der Waals surface area contributed by atoms with Crippen LogP contribution in [0.5, 0.6) is 5.75 Å². The average Bonchev–Trinajstić information content (AvgIpc) is 2.58. The molecule has 22 heavy (non-hydrogen) atoms. The number of hydrogen-bond donors (Lipinski definition) is 3. The van der Waals surface area contributed by atoms with Gasteiger partial charge < -0.3 is 20.3 Å². The van der Waals surface area contributed by atoms with Crippen molar-refractivity contribution in [1.29, 1.82) is 0 Å². The maximum absolute atomic E-state index is 9.11. The Labute approximate surface area is 131 Å². The van der Waals surface area contributed by atoms with Crippen molar-refractivity contribution in [3.05, 3.63) is 65.7 Å². The van der Waals surface area contributed by atoms with Crippen LogP contribution < -0.4 is 10.1 Å². The van der Waals surface area contributed by atoms with Gasteiger partial charge in [-0.15, -0.1) is 0 Å². The van der Waals surface area contributed by atoms with E-state index in [0.29, 0.717) is 6.54 Å². The molecule has 0 fully saturated rings. The van der Waals surface area contributed by atoms with Gasteiger partial charge >= 0.3 is 0 Å². The molecular weight excluding hydrogens is 278 g/mol. The van der Waals surface area contributed by atoms with Crippen molar-refractivity contribution in [2.24, 2.45) is 0 Å². The van der Waals surface area contributed by atoms with Crippen LogP contribution in [0.4, 0.5) is 0 Å². The summed E-state index contributed by atoms with van der Waals surface area (Å²) in [5, 5.41) is 21.4. The van der Waals surface area contributed by atoms with Crippen LogP contribution in [0.15, 0.2) is 54.6 Å². The lowest BCUT2D eigenvalue weighted by molar-refractivity contribution is 0.199. The molecule has 0 unspecified atom stereocenters. The molecule has 0 aliphatic heterocycles. The molecule has 2 aromatic rings. The highest BCUT2D eigenvalue weighted by molar-refractivity contribution is 5.37. The molecule has 0 aliphatic rings. The molecule has 0 bridgehead atoms. The normalized spacial score (nSPS) is 12.1. The molecule has 0 radical (unpaired) electrons. The zero-order valence-corrected chi connectivity index (χ0v) is 12.6. The van der Waals surface area contributed by atoms with E-state index in [1.165, 1.54) is 5.56 Å². The van der Waals surface area contributed by atoms with Crippen molar-refractivity contribution in [2.75, 3.05) is 26.4 Å². The molecule has 4 nitrogen and oxygen atoms in total. The van der Waals surface area contributed by atoms with E-state index >= 15 is 0 Å². The predicted molar refractivity (Wildman–Crippen MR) is 87.0 cm³/mol. The first kappa shape index (κ1) is 16.5. The molecule has 0 saturated heterocycles.